The highest BCUT2D eigenvalue weighted by atomic mass is 35.5. The van der Waals surface area contributed by atoms with Crippen LogP contribution in [0.5, 0.6) is 0 Å². The Morgan fingerprint density at radius 1 is 1.03 bits per heavy atom. The molecule has 2 aliphatic rings. The van der Waals surface area contributed by atoms with E-state index < -0.39 is 17.2 Å². The lowest BCUT2D eigenvalue weighted by atomic mass is 9.69. The Morgan fingerprint density at radius 2 is 1.73 bits per heavy atom. The molecule has 4 atom stereocenters. The standard InChI is InChI=1S/C28H31F2N4O2.ClH/c1-19-16-34(18-35,17-20(2)28(19,36)21-7-4-3-5-8-21)26-15-33(27-9-6-12-31-32-27)14-24(26)23-11-10-22(29)13-25(23)30;/h3-13,18-20,24,26,36H,14-17H2,1-2H3;1H/q+1;/t19-,20-,24?,26-,28?,34?;/m0./s1. The Hall–Kier alpha value is -2.94. The van der Waals surface area contributed by atoms with Gasteiger partial charge in [0.05, 0.1) is 25.6 Å². The van der Waals surface area contributed by atoms with Crippen LogP contribution in [-0.2, 0) is 10.4 Å². The van der Waals surface area contributed by atoms with Crippen molar-refractivity contribution in [1.29, 1.82) is 0 Å². The van der Waals surface area contributed by atoms with Crippen LogP contribution in [0.15, 0.2) is 66.9 Å². The largest absolute Gasteiger partial charge is 0.384 e. The first-order chi connectivity index (χ1) is 17.3. The molecular formula is C28H32ClF2N4O2+. The Balaban J connectivity index is 0.00000320. The molecule has 6 nitrogen and oxygen atoms in total. The zero-order valence-corrected chi connectivity index (χ0v) is 21.7. The number of piperidine rings is 1. The summed E-state index contributed by atoms with van der Waals surface area (Å²) in [7, 11) is 0. The molecule has 37 heavy (non-hydrogen) atoms. The predicted octanol–water partition coefficient (Wildman–Crippen LogP) is 4.30. The normalized spacial score (nSPS) is 31.5. The summed E-state index contributed by atoms with van der Waals surface area (Å²) < 4.78 is 28.9. The molecule has 0 radical (unpaired) electrons. The molecule has 2 saturated heterocycles. The lowest BCUT2D eigenvalue weighted by Crippen LogP contribution is -2.68. The minimum atomic E-state index is -1.09. The van der Waals surface area contributed by atoms with E-state index in [-0.39, 0.29) is 40.7 Å². The van der Waals surface area contributed by atoms with E-state index in [0.29, 0.717) is 37.6 Å². The second-order valence-corrected chi connectivity index (χ2v) is 10.4. The molecule has 0 spiro atoms. The molecule has 1 amide bonds. The van der Waals surface area contributed by atoms with Crippen molar-refractivity contribution < 1.29 is 23.2 Å². The summed E-state index contributed by atoms with van der Waals surface area (Å²) in [6.45, 7) is 5.63. The van der Waals surface area contributed by atoms with Crippen molar-refractivity contribution in [1.82, 2.24) is 10.2 Å². The number of benzene rings is 2. The molecule has 0 aliphatic carbocycles. The summed E-state index contributed by atoms with van der Waals surface area (Å²) in [6, 6.07) is 16.6. The van der Waals surface area contributed by atoms with Gasteiger partial charge in [0.2, 0.25) is 0 Å². The zero-order valence-electron chi connectivity index (χ0n) is 20.9. The average molecular weight is 530 g/mol. The van der Waals surface area contributed by atoms with Crippen LogP contribution in [0.3, 0.4) is 0 Å². The van der Waals surface area contributed by atoms with Crippen molar-refractivity contribution in [3.05, 3.63) is 89.6 Å². The van der Waals surface area contributed by atoms with Gasteiger partial charge in [-0.2, -0.15) is 5.10 Å². The molecule has 0 bridgehead atoms. The first kappa shape index (κ1) is 27.1. The van der Waals surface area contributed by atoms with Gasteiger partial charge in [-0.3, -0.25) is 4.48 Å². The number of carbonyl (C=O) groups is 1. The van der Waals surface area contributed by atoms with E-state index in [4.69, 9.17) is 0 Å². The van der Waals surface area contributed by atoms with E-state index in [1.807, 2.05) is 55.1 Å². The predicted molar refractivity (Wildman–Crippen MR) is 139 cm³/mol. The Morgan fingerprint density at radius 3 is 2.32 bits per heavy atom. The van der Waals surface area contributed by atoms with Crippen molar-refractivity contribution in [3.63, 3.8) is 0 Å². The third kappa shape index (κ3) is 4.62. The number of aliphatic hydroxyl groups is 1. The van der Waals surface area contributed by atoms with E-state index in [1.165, 1.54) is 12.1 Å². The second-order valence-electron chi connectivity index (χ2n) is 10.4. The number of hydrogen-bond acceptors (Lipinski definition) is 5. The number of halogens is 3. The molecule has 1 N–H and O–H groups in total. The highest BCUT2D eigenvalue weighted by Crippen LogP contribution is 2.47. The fourth-order valence-corrected chi connectivity index (χ4v) is 6.63. The van der Waals surface area contributed by atoms with E-state index in [0.717, 1.165) is 18.0 Å². The minimum Gasteiger partial charge on any atom is -0.384 e. The van der Waals surface area contributed by atoms with Crippen LogP contribution in [0.1, 0.15) is 30.9 Å². The van der Waals surface area contributed by atoms with Crippen molar-refractivity contribution >= 4 is 24.6 Å². The van der Waals surface area contributed by atoms with Crippen molar-refractivity contribution in [3.8, 4) is 0 Å². The van der Waals surface area contributed by atoms with Gasteiger partial charge < -0.3 is 10.0 Å². The maximum absolute atomic E-state index is 15.1. The maximum Gasteiger partial charge on any atom is 0.301 e. The molecule has 2 aromatic carbocycles. The lowest BCUT2D eigenvalue weighted by molar-refractivity contribution is -0.886. The van der Waals surface area contributed by atoms with Gasteiger partial charge in [-0.1, -0.05) is 50.2 Å². The Bertz CT molecular complexity index is 1220. The van der Waals surface area contributed by atoms with Crippen molar-refractivity contribution in [2.45, 2.75) is 31.4 Å². The number of likely N-dealkylation sites (tertiary alicyclic amines) is 1. The van der Waals surface area contributed by atoms with Gasteiger partial charge in [0.1, 0.15) is 23.3 Å². The van der Waals surface area contributed by atoms with E-state index in [2.05, 4.69) is 10.2 Å². The molecular weight excluding hydrogens is 498 g/mol. The quantitative estimate of drug-likeness (QED) is 0.394. The number of quaternary nitrogens is 1. The third-order valence-corrected chi connectivity index (χ3v) is 8.37. The summed E-state index contributed by atoms with van der Waals surface area (Å²) in [4.78, 5) is 15.0. The Kier molecular flexibility index (Phi) is 7.65. The van der Waals surface area contributed by atoms with Crippen molar-refractivity contribution in [2.75, 3.05) is 31.1 Å². The number of amides is 1. The molecule has 0 saturated carbocycles. The van der Waals surface area contributed by atoms with E-state index in [1.54, 1.807) is 12.3 Å². The first-order valence-corrected chi connectivity index (χ1v) is 12.4. The van der Waals surface area contributed by atoms with Gasteiger partial charge >= 0.3 is 6.41 Å². The molecule has 196 valence electrons. The summed E-state index contributed by atoms with van der Waals surface area (Å²) >= 11 is 0. The van der Waals surface area contributed by atoms with Crippen LogP contribution in [0, 0.1) is 23.5 Å². The number of hydrogen-bond donors (Lipinski definition) is 1. The second kappa shape index (κ2) is 10.4. The van der Waals surface area contributed by atoms with Crippen LogP contribution in [0.25, 0.3) is 0 Å². The van der Waals surface area contributed by atoms with Crippen LogP contribution >= 0.6 is 12.4 Å². The van der Waals surface area contributed by atoms with Crippen LogP contribution in [-0.4, -0.2) is 58.4 Å². The molecule has 5 rings (SSSR count). The monoisotopic (exact) mass is 529 g/mol. The molecule has 1 unspecified atom stereocenters. The lowest BCUT2D eigenvalue weighted by Gasteiger charge is -2.53. The van der Waals surface area contributed by atoms with E-state index >= 15 is 4.39 Å². The van der Waals surface area contributed by atoms with Gasteiger partial charge in [-0.25, -0.2) is 13.6 Å². The zero-order chi connectivity index (χ0) is 25.5. The molecule has 9 heteroatoms. The smallest absolute Gasteiger partial charge is 0.301 e. The van der Waals surface area contributed by atoms with Crippen LogP contribution in [0.4, 0.5) is 14.6 Å². The van der Waals surface area contributed by atoms with Crippen LogP contribution < -0.4 is 4.90 Å². The molecule has 1 aromatic heterocycles. The Labute approximate surface area is 221 Å². The number of carbonyl (C=O) groups excluding carboxylic acids is 1. The van der Waals surface area contributed by atoms with Gasteiger partial charge in [-0.15, -0.1) is 17.5 Å². The molecule has 2 fully saturated rings. The fourth-order valence-electron chi connectivity index (χ4n) is 6.63. The van der Waals surface area contributed by atoms with Gasteiger partial charge in [-0.05, 0) is 29.3 Å². The molecule has 2 aliphatic heterocycles. The highest BCUT2D eigenvalue weighted by molar-refractivity contribution is 5.85. The topological polar surface area (TPSA) is 66.3 Å². The molecule has 3 heterocycles. The van der Waals surface area contributed by atoms with Gasteiger partial charge in [0, 0.05) is 30.6 Å². The SMILES string of the molecule is C[C@H]1C[N+](C=O)([C@H]2CN(c3cccnn3)CC2c2ccc(F)cc2F)C[C@H](C)C1(O)c1ccccc1.Cl. The maximum atomic E-state index is 15.1. The summed E-state index contributed by atoms with van der Waals surface area (Å²) in [6.07, 6.45) is 2.56. The molecule has 3 aromatic rings. The number of rotatable bonds is 5. The summed E-state index contributed by atoms with van der Waals surface area (Å²) in [5.74, 6) is -1.45. The number of anilines is 1. The fraction of sp³-hybridized carbons (Fsp3) is 0.393. The summed E-state index contributed by atoms with van der Waals surface area (Å²) in [5, 5.41) is 20.1. The summed E-state index contributed by atoms with van der Waals surface area (Å²) in [5.41, 5.74) is 0.130. The third-order valence-electron chi connectivity index (χ3n) is 8.37. The highest BCUT2D eigenvalue weighted by Gasteiger charge is 2.58. The average Bonchev–Trinajstić information content (AvgIpc) is 3.34. The van der Waals surface area contributed by atoms with Crippen LogP contribution in [0.2, 0.25) is 0 Å². The van der Waals surface area contributed by atoms with Crippen molar-refractivity contribution in [2.24, 2.45) is 11.8 Å². The van der Waals surface area contributed by atoms with Gasteiger partial charge in [0.15, 0.2) is 5.82 Å². The minimum absolute atomic E-state index is 0. The number of aromatic nitrogens is 2. The van der Waals surface area contributed by atoms with Gasteiger partial charge in [0.25, 0.3) is 0 Å². The van der Waals surface area contributed by atoms with E-state index in [9.17, 15) is 14.3 Å². The first-order valence-electron chi connectivity index (χ1n) is 12.4. The number of nitrogens with zero attached hydrogens (tertiary/aromatic N) is 4.